The second-order valence-corrected chi connectivity index (χ2v) is 5.49. The molecule has 2 rings (SSSR count). The van der Waals surface area contributed by atoms with Gasteiger partial charge in [-0.05, 0) is 6.92 Å². The lowest BCUT2D eigenvalue weighted by molar-refractivity contribution is -0.153. The van der Waals surface area contributed by atoms with E-state index in [0.29, 0.717) is 6.54 Å². The normalized spacial score (nSPS) is 20.2. The van der Waals surface area contributed by atoms with Crippen LogP contribution in [0.5, 0.6) is 0 Å². The number of aromatic nitrogens is 2. The van der Waals surface area contributed by atoms with Crippen LogP contribution in [0.4, 0.5) is 18.0 Å². The number of urea groups is 1. The number of nitrogens with zero attached hydrogens (tertiary/aromatic N) is 4. The molecule has 22 heavy (non-hydrogen) atoms. The maximum Gasteiger partial charge on any atom is 0.401 e. The number of hydrogen-bond acceptors (Lipinski definition) is 3. The highest BCUT2D eigenvalue weighted by Crippen LogP contribution is 2.20. The van der Waals surface area contributed by atoms with E-state index in [2.05, 4.69) is 10.3 Å². The van der Waals surface area contributed by atoms with E-state index in [0.717, 1.165) is 5.82 Å². The zero-order valence-corrected chi connectivity index (χ0v) is 12.6. The first kappa shape index (κ1) is 16.6. The lowest BCUT2D eigenvalue weighted by atomic mass is 10.2. The van der Waals surface area contributed by atoms with Crippen LogP contribution in [0.3, 0.4) is 0 Å². The summed E-state index contributed by atoms with van der Waals surface area (Å²) in [6.07, 6.45) is -0.796. The maximum absolute atomic E-state index is 12.4. The Bertz CT molecular complexity index is 516. The summed E-state index contributed by atoms with van der Waals surface area (Å²) in [5.41, 5.74) is 0. The van der Waals surface area contributed by atoms with Gasteiger partial charge >= 0.3 is 12.2 Å². The molecule has 0 aliphatic carbocycles. The fraction of sp³-hybridized carbons (Fsp3) is 0.692. The molecule has 1 saturated heterocycles. The van der Waals surface area contributed by atoms with Gasteiger partial charge in [0, 0.05) is 45.1 Å². The van der Waals surface area contributed by atoms with Crippen molar-refractivity contribution in [3.8, 4) is 0 Å². The molecule has 9 heteroatoms. The number of aryl methyl sites for hydroxylation is 1. The van der Waals surface area contributed by atoms with Gasteiger partial charge in [-0.15, -0.1) is 0 Å². The Balaban J connectivity index is 1.82. The molecular formula is C13H20F3N5O. The predicted molar refractivity (Wildman–Crippen MR) is 74.1 cm³/mol. The van der Waals surface area contributed by atoms with Crippen molar-refractivity contribution in [3.05, 3.63) is 18.2 Å². The lowest BCUT2D eigenvalue weighted by Crippen LogP contribution is -2.57. The van der Waals surface area contributed by atoms with Crippen molar-refractivity contribution in [1.29, 1.82) is 0 Å². The molecule has 2 heterocycles. The van der Waals surface area contributed by atoms with Crippen LogP contribution in [0.1, 0.15) is 12.7 Å². The minimum Gasteiger partial charge on any atom is -0.337 e. The molecule has 1 fully saturated rings. The van der Waals surface area contributed by atoms with Gasteiger partial charge in [0.2, 0.25) is 0 Å². The van der Waals surface area contributed by atoms with Gasteiger partial charge in [-0.25, -0.2) is 9.78 Å². The summed E-state index contributed by atoms with van der Waals surface area (Å²) in [4.78, 5) is 19.1. The summed E-state index contributed by atoms with van der Waals surface area (Å²) in [6, 6.07) is -0.601. The highest BCUT2D eigenvalue weighted by molar-refractivity contribution is 5.74. The third-order valence-electron chi connectivity index (χ3n) is 3.75. The standard InChI is InChI=1S/C13H20F3N5O/c1-10-8-20(5-6-21(10)9-13(14,15)16)12(22)18-7-11-17-3-4-19(11)2/h3-4,10H,5-9H2,1-2H3,(H,18,22). The fourth-order valence-corrected chi connectivity index (χ4v) is 2.48. The second-order valence-electron chi connectivity index (χ2n) is 5.49. The quantitative estimate of drug-likeness (QED) is 0.911. The van der Waals surface area contributed by atoms with E-state index >= 15 is 0 Å². The molecule has 124 valence electrons. The van der Waals surface area contributed by atoms with Crippen molar-refractivity contribution in [2.45, 2.75) is 25.7 Å². The van der Waals surface area contributed by atoms with Crippen LogP contribution in [0.25, 0.3) is 0 Å². The van der Waals surface area contributed by atoms with Crippen molar-refractivity contribution < 1.29 is 18.0 Å². The molecule has 0 bridgehead atoms. The van der Waals surface area contributed by atoms with E-state index < -0.39 is 12.7 Å². The first-order valence-electron chi connectivity index (χ1n) is 7.06. The number of alkyl halides is 3. The summed E-state index contributed by atoms with van der Waals surface area (Å²) in [6.45, 7) is 1.84. The minimum atomic E-state index is -4.21. The van der Waals surface area contributed by atoms with Crippen LogP contribution in [-0.4, -0.2) is 63.8 Å². The largest absolute Gasteiger partial charge is 0.401 e. The zero-order valence-electron chi connectivity index (χ0n) is 12.6. The molecule has 1 aromatic rings. The van der Waals surface area contributed by atoms with E-state index in [1.807, 2.05) is 7.05 Å². The van der Waals surface area contributed by atoms with E-state index in [4.69, 9.17) is 0 Å². The molecule has 1 N–H and O–H groups in total. The van der Waals surface area contributed by atoms with E-state index in [-0.39, 0.29) is 31.7 Å². The average Bonchev–Trinajstić information content (AvgIpc) is 2.82. The van der Waals surface area contributed by atoms with Crippen LogP contribution < -0.4 is 5.32 Å². The van der Waals surface area contributed by atoms with Gasteiger partial charge in [0.05, 0.1) is 13.1 Å². The van der Waals surface area contributed by atoms with Gasteiger partial charge in [-0.2, -0.15) is 13.2 Å². The summed E-state index contributed by atoms with van der Waals surface area (Å²) < 4.78 is 39.1. The third-order valence-corrected chi connectivity index (χ3v) is 3.75. The SMILES string of the molecule is CC1CN(C(=O)NCc2nccn2C)CCN1CC(F)(F)F. The highest BCUT2D eigenvalue weighted by Gasteiger charge is 2.35. The summed E-state index contributed by atoms with van der Waals surface area (Å²) >= 11 is 0. The number of nitrogens with one attached hydrogen (secondary N) is 1. The Morgan fingerprint density at radius 1 is 1.45 bits per heavy atom. The van der Waals surface area contributed by atoms with Crippen molar-refractivity contribution >= 4 is 6.03 Å². The number of piperazine rings is 1. The molecule has 0 saturated carbocycles. The second kappa shape index (κ2) is 6.55. The van der Waals surface area contributed by atoms with Gasteiger partial charge in [0.25, 0.3) is 0 Å². The van der Waals surface area contributed by atoms with Crippen molar-refractivity contribution in [2.24, 2.45) is 7.05 Å². The average molecular weight is 319 g/mol. The lowest BCUT2D eigenvalue weighted by Gasteiger charge is -2.39. The smallest absolute Gasteiger partial charge is 0.337 e. The van der Waals surface area contributed by atoms with Crippen LogP contribution in [0.15, 0.2) is 12.4 Å². The molecule has 0 aromatic carbocycles. The summed E-state index contributed by atoms with van der Waals surface area (Å²) in [5.74, 6) is 0.720. The summed E-state index contributed by atoms with van der Waals surface area (Å²) in [5, 5.41) is 2.74. The molecule has 0 radical (unpaired) electrons. The Morgan fingerprint density at radius 3 is 2.73 bits per heavy atom. The van der Waals surface area contributed by atoms with Gasteiger partial charge < -0.3 is 14.8 Å². The van der Waals surface area contributed by atoms with Crippen LogP contribution in [0, 0.1) is 0 Å². The molecule has 0 spiro atoms. The van der Waals surface area contributed by atoms with Crippen molar-refractivity contribution in [2.75, 3.05) is 26.2 Å². The molecule has 2 amide bonds. The van der Waals surface area contributed by atoms with Crippen LogP contribution in [-0.2, 0) is 13.6 Å². The molecular weight excluding hydrogens is 299 g/mol. The van der Waals surface area contributed by atoms with Gasteiger partial charge in [-0.3, -0.25) is 4.90 Å². The topological polar surface area (TPSA) is 53.4 Å². The third kappa shape index (κ3) is 4.36. The predicted octanol–water partition coefficient (Wildman–Crippen LogP) is 1.20. The first-order valence-corrected chi connectivity index (χ1v) is 7.06. The Kier molecular flexibility index (Phi) is 4.94. The number of imidazole rings is 1. The number of hydrogen-bond donors (Lipinski definition) is 1. The fourth-order valence-electron chi connectivity index (χ4n) is 2.48. The van der Waals surface area contributed by atoms with E-state index in [1.54, 1.807) is 28.8 Å². The number of carbonyl (C=O) groups excluding carboxylic acids is 1. The molecule has 1 aliphatic rings. The Hall–Kier alpha value is -1.77. The van der Waals surface area contributed by atoms with Gasteiger partial charge in [0.15, 0.2) is 0 Å². The Labute approximate surface area is 126 Å². The van der Waals surface area contributed by atoms with Crippen molar-refractivity contribution in [3.63, 3.8) is 0 Å². The molecule has 1 unspecified atom stereocenters. The van der Waals surface area contributed by atoms with Crippen LogP contribution >= 0.6 is 0 Å². The number of halogens is 3. The number of carbonyl (C=O) groups is 1. The number of rotatable bonds is 3. The monoisotopic (exact) mass is 319 g/mol. The summed E-state index contributed by atoms with van der Waals surface area (Å²) in [7, 11) is 1.83. The number of amides is 2. The maximum atomic E-state index is 12.4. The van der Waals surface area contributed by atoms with Crippen LogP contribution in [0.2, 0.25) is 0 Å². The molecule has 1 atom stereocenters. The molecule has 6 nitrogen and oxygen atoms in total. The molecule has 1 aromatic heterocycles. The highest BCUT2D eigenvalue weighted by atomic mass is 19.4. The van der Waals surface area contributed by atoms with E-state index in [1.165, 1.54) is 4.90 Å². The first-order chi connectivity index (χ1) is 10.3. The minimum absolute atomic E-state index is 0.219. The van der Waals surface area contributed by atoms with Gasteiger partial charge in [-0.1, -0.05) is 0 Å². The van der Waals surface area contributed by atoms with Crippen molar-refractivity contribution in [1.82, 2.24) is 24.7 Å². The van der Waals surface area contributed by atoms with E-state index in [9.17, 15) is 18.0 Å². The molecule has 1 aliphatic heterocycles. The van der Waals surface area contributed by atoms with Gasteiger partial charge in [0.1, 0.15) is 5.82 Å². The zero-order chi connectivity index (χ0) is 16.3. The Morgan fingerprint density at radius 2 is 2.18 bits per heavy atom.